The van der Waals surface area contributed by atoms with Crippen LogP contribution in [-0.2, 0) is 9.59 Å². The summed E-state index contributed by atoms with van der Waals surface area (Å²) < 4.78 is 5.46. The number of carbonyl (C=O) groups is 2. The normalized spacial score (nSPS) is 14.6. The molecule has 120 valence electrons. The van der Waals surface area contributed by atoms with Crippen LogP contribution in [-0.4, -0.2) is 18.4 Å². The zero-order valence-electron chi connectivity index (χ0n) is 13.3. The van der Waals surface area contributed by atoms with Crippen molar-refractivity contribution in [2.75, 3.05) is 6.61 Å². The van der Waals surface area contributed by atoms with E-state index < -0.39 is 0 Å². The van der Waals surface area contributed by atoms with Crippen molar-refractivity contribution in [3.63, 3.8) is 0 Å². The fraction of sp³-hybridized carbons (Fsp3) is 0.529. The summed E-state index contributed by atoms with van der Waals surface area (Å²) in [6.45, 7) is 3.82. The molecule has 2 amide bonds. The van der Waals surface area contributed by atoms with Gasteiger partial charge in [0, 0.05) is 6.42 Å². The Labute approximate surface area is 131 Å². The lowest BCUT2D eigenvalue weighted by atomic mass is 10.0. The van der Waals surface area contributed by atoms with Gasteiger partial charge in [0.05, 0.1) is 0 Å². The van der Waals surface area contributed by atoms with Crippen molar-refractivity contribution in [3.8, 4) is 5.75 Å². The highest BCUT2D eigenvalue weighted by Gasteiger charge is 2.18. The molecule has 0 atom stereocenters. The first-order valence-corrected chi connectivity index (χ1v) is 7.82. The molecule has 0 radical (unpaired) electrons. The predicted octanol–water partition coefficient (Wildman–Crippen LogP) is 2.41. The van der Waals surface area contributed by atoms with E-state index >= 15 is 0 Å². The van der Waals surface area contributed by atoms with Crippen molar-refractivity contribution < 1.29 is 14.3 Å². The molecule has 1 aliphatic carbocycles. The van der Waals surface area contributed by atoms with Crippen molar-refractivity contribution in [1.29, 1.82) is 0 Å². The van der Waals surface area contributed by atoms with Gasteiger partial charge < -0.3 is 4.74 Å². The Morgan fingerprint density at radius 3 is 2.50 bits per heavy atom. The summed E-state index contributed by atoms with van der Waals surface area (Å²) in [5.41, 5.74) is 6.98. The van der Waals surface area contributed by atoms with E-state index in [1.165, 1.54) is 12.8 Å². The van der Waals surface area contributed by atoms with Crippen LogP contribution in [0, 0.1) is 19.8 Å². The maximum absolute atomic E-state index is 11.7. The molecule has 22 heavy (non-hydrogen) atoms. The first kappa shape index (κ1) is 16.3. The molecule has 0 heterocycles. The van der Waals surface area contributed by atoms with Crippen molar-refractivity contribution in [2.45, 2.75) is 46.0 Å². The summed E-state index contributed by atoms with van der Waals surface area (Å²) in [6.07, 6.45) is 5.11. The number of aryl methyl sites for hydroxylation is 2. The molecular weight excluding hydrogens is 280 g/mol. The molecule has 1 aliphatic rings. The summed E-state index contributed by atoms with van der Waals surface area (Å²) in [7, 11) is 0. The van der Waals surface area contributed by atoms with Crippen LogP contribution < -0.4 is 15.6 Å². The van der Waals surface area contributed by atoms with Gasteiger partial charge in [-0.25, -0.2) is 0 Å². The van der Waals surface area contributed by atoms with E-state index in [0.29, 0.717) is 18.1 Å². The minimum Gasteiger partial charge on any atom is -0.483 e. The Balaban J connectivity index is 1.68. The standard InChI is InChI=1S/C17H24N2O3/c1-12-7-8-15(13(2)9-12)22-11-17(21)19-18-16(20)10-14-5-3-4-6-14/h7-9,14H,3-6,10-11H2,1-2H3,(H,18,20)(H,19,21). The average Bonchev–Trinajstić information content (AvgIpc) is 2.97. The lowest BCUT2D eigenvalue weighted by Crippen LogP contribution is -2.44. The predicted molar refractivity (Wildman–Crippen MR) is 84.3 cm³/mol. The van der Waals surface area contributed by atoms with E-state index in [1.54, 1.807) is 0 Å². The first-order chi connectivity index (χ1) is 10.5. The third kappa shape index (κ3) is 5.06. The van der Waals surface area contributed by atoms with Crippen LogP contribution in [0.25, 0.3) is 0 Å². The van der Waals surface area contributed by atoms with E-state index in [2.05, 4.69) is 10.9 Å². The smallest absolute Gasteiger partial charge is 0.276 e. The zero-order valence-corrected chi connectivity index (χ0v) is 13.3. The van der Waals surface area contributed by atoms with Crippen LogP contribution in [0.3, 0.4) is 0 Å². The molecular formula is C17H24N2O3. The first-order valence-electron chi connectivity index (χ1n) is 7.82. The Morgan fingerprint density at radius 1 is 1.14 bits per heavy atom. The maximum atomic E-state index is 11.7. The minimum absolute atomic E-state index is 0.117. The fourth-order valence-corrected chi connectivity index (χ4v) is 2.81. The van der Waals surface area contributed by atoms with E-state index in [9.17, 15) is 9.59 Å². The Bertz CT molecular complexity index is 537. The van der Waals surface area contributed by atoms with Gasteiger partial charge in [-0.2, -0.15) is 0 Å². The number of nitrogens with one attached hydrogen (secondary N) is 2. The number of amides is 2. The molecule has 2 rings (SSSR count). The van der Waals surface area contributed by atoms with Gasteiger partial charge in [0.1, 0.15) is 5.75 Å². The van der Waals surface area contributed by atoms with Gasteiger partial charge >= 0.3 is 0 Å². The number of hydrazine groups is 1. The zero-order chi connectivity index (χ0) is 15.9. The van der Waals surface area contributed by atoms with E-state index in [1.807, 2.05) is 32.0 Å². The minimum atomic E-state index is -0.361. The van der Waals surface area contributed by atoms with Crippen LogP contribution in [0.4, 0.5) is 0 Å². The molecule has 0 aromatic heterocycles. The van der Waals surface area contributed by atoms with Crippen LogP contribution in [0.15, 0.2) is 18.2 Å². The summed E-state index contributed by atoms with van der Waals surface area (Å²) in [4.78, 5) is 23.4. The topological polar surface area (TPSA) is 67.4 Å². The fourth-order valence-electron chi connectivity index (χ4n) is 2.81. The van der Waals surface area contributed by atoms with Crippen molar-refractivity contribution >= 4 is 11.8 Å². The molecule has 0 spiro atoms. The molecule has 0 unspecified atom stereocenters. The monoisotopic (exact) mass is 304 g/mol. The van der Waals surface area contributed by atoms with E-state index in [0.717, 1.165) is 24.0 Å². The highest BCUT2D eigenvalue weighted by Crippen LogP contribution is 2.27. The second-order valence-corrected chi connectivity index (χ2v) is 6.01. The summed E-state index contributed by atoms with van der Waals surface area (Å²) in [5, 5.41) is 0. The third-order valence-electron chi connectivity index (χ3n) is 3.98. The number of carbonyl (C=O) groups excluding carboxylic acids is 2. The number of ether oxygens (including phenoxy) is 1. The summed E-state index contributed by atoms with van der Waals surface area (Å²) in [5.74, 6) is 0.646. The quantitative estimate of drug-likeness (QED) is 0.821. The number of rotatable bonds is 5. The molecule has 0 aliphatic heterocycles. The molecule has 0 bridgehead atoms. The second-order valence-electron chi connectivity index (χ2n) is 6.01. The van der Waals surface area contributed by atoms with Crippen molar-refractivity contribution in [3.05, 3.63) is 29.3 Å². The highest BCUT2D eigenvalue weighted by atomic mass is 16.5. The Morgan fingerprint density at radius 2 is 1.82 bits per heavy atom. The van der Waals surface area contributed by atoms with Crippen LogP contribution in [0.5, 0.6) is 5.75 Å². The Kier molecular flexibility index (Phi) is 5.81. The maximum Gasteiger partial charge on any atom is 0.276 e. The van der Waals surface area contributed by atoms with Crippen molar-refractivity contribution in [1.82, 2.24) is 10.9 Å². The molecule has 2 N–H and O–H groups in total. The van der Waals surface area contributed by atoms with Gasteiger partial charge in [-0.15, -0.1) is 0 Å². The van der Waals surface area contributed by atoms with Gasteiger partial charge in [-0.3, -0.25) is 20.4 Å². The molecule has 1 aromatic carbocycles. The van der Waals surface area contributed by atoms with E-state index in [4.69, 9.17) is 4.74 Å². The van der Waals surface area contributed by atoms with Gasteiger partial charge in [0.15, 0.2) is 6.61 Å². The lowest BCUT2D eigenvalue weighted by Gasteiger charge is -2.12. The summed E-state index contributed by atoms with van der Waals surface area (Å²) in [6, 6.07) is 5.77. The largest absolute Gasteiger partial charge is 0.483 e. The number of hydrogen-bond donors (Lipinski definition) is 2. The molecule has 1 saturated carbocycles. The van der Waals surface area contributed by atoms with Crippen molar-refractivity contribution in [2.24, 2.45) is 5.92 Å². The molecule has 5 heteroatoms. The SMILES string of the molecule is Cc1ccc(OCC(=O)NNC(=O)CC2CCCC2)c(C)c1. The molecule has 0 saturated heterocycles. The van der Waals surface area contributed by atoms with Crippen LogP contribution in [0.1, 0.15) is 43.2 Å². The lowest BCUT2D eigenvalue weighted by molar-refractivity contribution is -0.130. The number of benzene rings is 1. The number of hydrogen-bond acceptors (Lipinski definition) is 3. The summed E-state index contributed by atoms with van der Waals surface area (Å²) >= 11 is 0. The van der Waals surface area contributed by atoms with E-state index in [-0.39, 0.29) is 18.4 Å². The van der Waals surface area contributed by atoms with Gasteiger partial charge in [-0.1, -0.05) is 30.5 Å². The van der Waals surface area contributed by atoms with Crippen LogP contribution >= 0.6 is 0 Å². The second kappa shape index (κ2) is 7.82. The molecule has 1 fully saturated rings. The Hall–Kier alpha value is -2.04. The van der Waals surface area contributed by atoms with Gasteiger partial charge in [0.25, 0.3) is 5.91 Å². The van der Waals surface area contributed by atoms with Crippen LogP contribution in [0.2, 0.25) is 0 Å². The van der Waals surface area contributed by atoms with Gasteiger partial charge in [0.2, 0.25) is 5.91 Å². The van der Waals surface area contributed by atoms with Gasteiger partial charge in [-0.05, 0) is 44.2 Å². The third-order valence-corrected chi connectivity index (χ3v) is 3.98. The molecule has 1 aromatic rings. The average molecular weight is 304 g/mol. The highest BCUT2D eigenvalue weighted by molar-refractivity contribution is 5.82. The molecule has 5 nitrogen and oxygen atoms in total.